The van der Waals surface area contributed by atoms with E-state index in [4.69, 9.17) is 4.74 Å². The molecule has 3 aromatic rings. The van der Waals surface area contributed by atoms with Crippen molar-refractivity contribution in [1.82, 2.24) is 19.9 Å². The smallest absolute Gasteiger partial charge is 0.392 e. The van der Waals surface area contributed by atoms with E-state index in [1.165, 1.54) is 43.5 Å². The van der Waals surface area contributed by atoms with Gasteiger partial charge < -0.3 is 19.7 Å². The molecule has 0 bridgehead atoms. The molecule has 0 radical (unpaired) electrons. The van der Waals surface area contributed by atoms with E-state index < -0.39 is 39.7 Å². The van der Waals surface area contributed by atoms with E-state index in [-0.39, 0.29) is 40.6 Å². The van der Waals surface area contributed by atoms with Crippen molar-refractivity contribution in [2.24, 2.45) is 0 Å². The Labute approximate surface area is 230 Å². The number of alkyl halides is 3. The van der Waals surface area contributed by atoms with E-state index in [0.29, 0.717) is 30.2 Å². The third-order valence-electron chi connectivity index (χ3n) is 7.11. The van der Waals surface area contributed by atoms with Crippen LogP contribution in [0, 0.1) is 6.92 Å². The topological polar surface area (TPSA) is 123 Å². The van der Waals surface area contributed by atoms with Crippen LogP contribution >= 0.6 is 0 Å². The largest absolute Gasteiger partial charge is 0.417 e. The lowest BCUT2D eigenvalue weighted by molar-refractivity contribution is -0.139. The summed E-state index contributed by atoms with van der Waals surface area (Å²) in [5, 5.41) is 12.3. The number of benzene rings is 1. The third kappa shape index (κ3) is 5.91. The molecule has 0 aliphatic carbocycles. The number of hydrogen-bond donors (Lipinski definition) is 2. The van der Waals surface area contributed by atoms with Gasteiger partial charge in [-0.05, 0) is 49.9 Å². The molecule has 40 heavy (non-hydrogen) atoms. The van der Waals surface area contributed by atoms with Crippen molar-refractivity contribution < 1.29 is 36.2 Å². The molecule has 0 spiro atoms. The van der Waals surface area contributed by atoms with E-state index in [2.05, 4.69) is 15.3 Å². The van der Waals surface area contributed by atoms with Crippen molar-refractivity contribution in [1.29, 1.82) is 0 Å². The molecular formula is C27H31F3N4O5S. The number of carbonyl (C=O) groups excluding carboxylic acids is 1. The van der Waals surface area contributed by atoms with Gasteiger partial charge in [-0.15, -0.1) is 0 Å². The van der Waals surface area contributed by atoms with Crippen LogP contribution in [0.15, 0.2) is 41.4 Å². The first-order valence-corrected chi connectivity index (χ1v) is 14.4. The predicted molar refractivity (Wildman–Crippen MR) is 139 cm³/mol. The van der Waals surface area contributed by atoms with Gasteiger partial charge in [0.1, 0.15) is 17.1 Å². The molecule has 4 rings (SSSR count). The van der Waals surface area contributed by atoms with Gasteiger partial charge in [0.25, 0.3) is 5.91 Å². The van der Waals surface area contributed by atoms with Gasteiger partial charge in [0.05, 0.1) is 35.1 Å². The number of imidazole rings is 1. The van der Waals surface area contributed by atoms with Crippen molar-refractivity contribution in [3.8, 4) is 0 Å². The summed E-state index contributed by atoms with van der Waals surface area (Å²) in [6.07, 6.45) is -2.16. The standard InChI is InChI=1S/C27H31F3N4O5S/c1-4-40(37,38)21-10-9-20(31-14-21)13-32-24(36)23-17(2)34(25(33-23)26(3)11-6-12-39-26)15-18-7-5-8-19(16-35)22(18)27(28,29)30/h5,7-10,14,35H,4,6,11-13,15-16H2,1-3H3,(H,32,36). The van der Waals surface area contributed by atoms with E-state index in [0.717, 1.165) is 6.42 Å². The molecule has 2 aromatic heterocycles. The maximum atomic E-state index is 14.0. The molecule has 1 aliphatic heterocycles. The Bertz CT molecular complexity index is 1500. The van der Waals surface area contributed by atoms with Crippen LogP contribution in [0.4, 0.5) is 13.2 Å². The summed E-state index contributed by atoms with van der Waals surface area (Å²) in [4.78, 5) is 22.0. The van der Waals surface area contributed by atoms with Crippen LogP contribution in [0.25, 0.3) is 0 Å². The first-order chi connectivity index (χ1) is 18.8. The number of ether oxygens (including phenoxy) is 1. The quantitative estimate of drug-likeness (QED) is 0.394. The summed E-state index contributed by atoms with van der Waals surface area (Å²) >= 11 is 0. The van der Waals surface area contributed by atoms with E-state index in [1.54, 1.807) is 18.4 Å². The number of nitrogens with zero attached hydrogens (tertiary/aromatic N) is 3. The van der Waals surface area contributed by atoms with Crippen molar-refractivity contribution in [2.75, 3.05) is 12.4 Å². The number of aliphatic hydroxyl groups is 1. The fourth-order valence-electron chi connectivity index (χ4n) is 4.87. The van der Waals surface area contributed by atoms with Gasteiger partial charge in [-0.1, -0.05) is 25.1 Å². The minimum absolute atomic E-state index is 0.0164. The van der Waals surface area contributed by atoms with Crippen LogP contribution in [0.1, 0.15) is 71.1 Å². The SMILES string of the molecule is CCS(=O)(=O)c1ccc(CNC(=O)c2nc(C3(C)CCCO3)n(Cc3cccc(CO)c3C(F)(F)F)c2C)nc1. The van der Waals surface area contributed by atoms with E-state index >= 15 is 0 Å². The predicted octanol–water partition coefficient (Wildman–Crippen LogP) is 3.90. The molecule has 1 fully saturated rings. The van der Waals surface area contributed by atoms with Crippen molar-refractivity contribution in [3.63, 3.8) is 0 Å². The number of aromatic nitrogens is 3. The van der Waals surface area contributed by atoms with Crippen molar-refractivity contribution in [2.45, 2.75) is 70.0 Å². The molecule has 0 saturated carbocycles. The number of carbonyl (C=O) groups is 1. The fraction of sp³-hybridized carbons (Fsp3) is 0.444. The number of aliphatic hydroxyl groups excluding tert-OH is 1. The maximum absolute atomic E-state index is 14.0. The number of rotatable bonds is 9. The zero-order chi connectivity index (χ0) is 29.3. The van der Waals surface area contributed by atoms with Gasteiger partial charge in [-0.3, -0.25) is 9.78 Å². The van der Waals surface area contributed by atoms with Gasteiger partial charge in [0.15, 0.2) is 9.84 Å². The molecule has 13 heteroatoms. The first kappa shape index (κ1) is 29.7. The van der Waals surface area contributed by atoms with Gasteiger partial charge in [0, 0.05) is 25.0 Å². The summed E-state index contributed by atoms with van der Waals surface area (Å²) in [5.74, 6) is -0.291. The summed E-state index contributed by atoms with van der Waals surface area (Å²) < 4.78 is 73.6. The summed E-state index contributed by atoms with van der Waals surface area (Å²) in [6.45, 7) is 4.36. The average molecular weight is 581 g/mol. The van der Waals surface area contributed by atoms with Crippen LogP contribution in [0.5, 0.6) is 0 Å². The van der Waals surface area contributed by atoms with Crippen molar-refractivity contribution in [3.05, 3.63) is 76.1 Å². The number of pyridine rings is 1. The van der Waals surface area contributed by atoms with E-state index in [1.807, 2.05) is 0 Å². The van der Waals surface area contributed by atoms with Crippen LogP contribution in [-0.4, -0.2) is 46.3 Å². The Kier molecular flexibility index (Phi) is 8.38. The lowest BCUT2D eigenvalue weighted by atomic mass is 9.99. The highest BCUT2D eigenvalue weighted by molar-refractivity contribution is 7.91. The highest BCUT2D eigenvalue weighted by Crippen LogP contribution is 2.39. The number of sulfone groups is 1. The Morgan fingerprint density at radius 1 is 1.23 bits per heavy atom. The average Bonchev–Trinajstić information content (AvgIpc) is 3.51. The molecule has 2 N–H and O–H groups in total. The first-order valence-electron chi connectivity index (χ1n) is 12.8. The van der Waals surface area contributed by atoms with Gasteiger partial charge in [-0.25, -0.2) is 13.4 Å². The second-order valence-electron chi connectivity index (χ2n) is 9.82. The Morgan fingerprint density at radius 2 is 1.95 bits per heavy atom. The van der Waals surface area contributed by atoms with Crippen LogP contribution in [0.2, 0.25) is 0 Å². The zero-order valence-electron chi connectivity index (χ0n) is 22.4. The molecule has 1 unspecified atom stereocenters. The number of amides is 1. The highest BCUT2D eigenvalue weighted by Gasteiger charge is 2.40. The number of halogens is 3. The van der Waals surface area contributed by atoms with E-state index in [9.17, 15) is 31.5 Å². The highest BCUT2D eigenvalue weighted by atomic mass is 32.2. The third-order valence-corrected chi connectivity index (χ3v) is 8.83. The number of nitrogens with one attached hydrogen (secondary N) is 1. The van der Waals surface area contributed by atoms with Crippen LogP contribution < -0.4 is 5.32 Å². The Morgan fingerprint density at radius 3 is 2.52 bits per heavy atom. The lowest BCUT2D eigenvalue weighted by Gasteiger charge is -2.25. The molecule has 1 aliphatic rings. The summed E-state index contributed by atoms with van der Waals surface area (Å²) in [6, 6.07) is 6.94. The maximum Gasteiger partial charge on any atom is 0.417 e. The molecule has 9 nitrogen and oxygen atoms in total. The van der Waals surface area contributed by atoms with Gasteiger partial charge >= 0.3 is 6.18 Å². The number of hydrogen-bond acceptors (Lipinski definition) is 7. The van der Waals surface area contributed by atoms with Crippen LogP contribution in [0.3, 0.4) is 0 Å². The molecule has 1 atom stereocenters. The second kappa shape index (κ2) is 11.3. The summed E-state index contributed by atoms with van der Waals surface area (Å²) in [5.41, 5.74) is -1.33. The second-order valence-corrected chi connectivity index (χ2v) is 12.1. The summed E-state index contributed by atoms with van der Waals surface area (Å²) in [7, 11) is -3.41. The minimum atomic E-state index is -4.70. The normalized spacial score (nSPS) is 17.8. The monoisotopic (exact) mass is 580 g/mol. The van der Waals surface area contributed by atoms with Crippen LogP contribution in [-0.2, 0) is 46.0 Å². The van der Waals surface area contributed by atoms with Gasteiger partial charge in [0.2, 0.25) is 0 Å². The minimum Gasteiger partial charge on any atom is -0.392 e. The Balaban J connectivity index is 1.67. The molecule has 216 valence electrons. The molecule has 1 amide bonds. The van der Waals surface area contributed by atoms with Gasteiger partial charge in [-0.2, -0.15) is 13.2 Å². The lowest BCUT2D eigenvalue weighted by Crippen LogP contribution is -2.27. The molecule has 3 heterocycles. The Hall–Kier alpha value is -3.29. The molecule has 1 aromatic carbocycles. The fourth-order valence-corrected chi connectivity index (χ4v) is 5.70. The molecular weight excluding hydrogens is 549 g/mol. The zero-order valence-corrected chi connectivity index (χ0v) is 23.2. The van der Waals surface area contributed by atoms with Crippen molar-refractivity contribution >= 4 is 15.7 Å². The molecule has 1 saturated heterocycles.